The third-order valence-corrected chi connectivity index (χ3v) is 6.16. The molecule has 2 N–H and O–H groups in total. The van der Waals surface area contributed by atoms with Crippen molar-refractivity contribution in [3.05, 3.63) is 0 Å². The van der Waals surface area contributed by atoms with E-state index in [0.717, 1.165) is 25.3 Å². The maximum absolute atomic E-state index is 11.0. The number of hydrogen-bond acceptors (Lipinski definition) is 2. The standard InChI is InChI=1S/C16H29NO/c1-13-4-11-17-14(12-13)16(18)9-7-15(8-10-16)5-2-3-6-15/h13-14,17-18H,2-12H2,1H3. The fourth-order valence-corrected chi connectivity index (χ4v) is 4.70. The first-order valence-electron chi connectivity index (χ1n) is 8.08. The Hall–Kier alpha value is -0.0800. The van der Waals surface area contributed by atoms with Crippen LogP contribution in [0.3, 0.4) is 0 Å². The van der Waals surface area contributed by atoms with Gasteiger partial charge in [0, 0.05) is 6.04 Å². The summed E-state index contributed by atoms with van der Waals surface area (Å²) in [6.07, 6.45) is 12.8. The van der Waals surface area contributed by atoms with Crippen molar-refractivity contribution in [3.63, 3.8) is 0 Å². The maximum Gasteiger partial charge on any atom is 0.0800 e. The van der Waals surface area contributed by atoms with Crippen LogP contribution in [0.1, 0.15) is 71.1 Å². The second kappa shape index (κ2) is 4.79. The van der Waals surface area contributed by atoms with E-state index in [-0.39, 0.29) is 0 Å². The molecule has 0 aromatic rings. The summed E-state index contributed by atoms with van der Waals surface area (Å²) in [4.78, 5) is 0. The Kier molecular flexibility index (Phi) is 3.44. The van der Waals surface area contributed by atoms with Crippen LogP contribution in [0.4, 0.5) is 0 Å². The lowest BCUT2D eigenvalue weighted by molar-refractivity contribution is -0.0695. The number of hydrogen-bond donors (Lipinski definition) is 2. The molecule has 1 heterocycles. The summed E-state index contributed by atoms with van der Waals surface area (Å²) < 4.78 is 0. The SMILES string of the molecule is CC1CCNC(C2(O)CCC3(CCCC3)CC2)C1. The average Bonchev–Trinajstić information content (AvgIpc) is 2.83. The van der Waals surface area contributed by atoms with Gasteiger partial charge >= 0.3 is 0 Å². The van der Waals surface area contributed by atoms with Gasteiger partial charge in [-0.3, -0.25) is 0 Å². The van der Waals surface area contributed by atoms with Crippen molar-refractivity contribution >= 4 is 0 Å². The summed E-state index contributed by atoms with van der Waals surface area (Å²) in [5, 5.41) is 14.6. The van der Waals surface area contributed by atoms with Gasteiger partial charge in [-0.05, 0) is 69.2 Å². The van der Waals surface area contributed by atoms with E-state index in [1.807, 2.05) is 0 Å². The van der Waals surface area contributed by atoms with E-state index in [0.29, 0.717) is 11.5 Å². The van der Waals surface area contributed by atoms with Crippen LogP contribution in [-0.4, -0.2) is 23.3 Å². The number of rotatable bonds is 1. The van der Waals surface area contributed by atoms with E-state index < -0.39 is 5.60 Å². The average molecular weight is 251 g/mol. The van der Waals surface area contributed by atoms with Crippen LogP contribution in [0.15, 0.2) is 0 Å². The van der Waals surface area contributed by atoms with Gasteiger partial charge in [-0.2, -0.15) is 0 Å². The van der Waals surface area contributed by atoms with E-state index in [9.17, 15) is 5.11 Å². The number of piperidine rings is 1. The number of nitrogens with one attached hydrogen (secondary N) is 1. The Labute approximate surface area is 112 Å². The zero-order valence-electron chi connectivity index (χ0n) is 11.9. The first kappa shape index (κ1) is 12.9. The molecule has 2 nitrogen and oxygen atoms in total. The summed E-state index contributed by atoms with van der Waals surface area (Å²) in [6, 6.07) is 0.361. The minimum atomic E-state index is -0.400. The summed E-state index contributed by atoms with van der Waals surface area (Å²) >= 11 is 0. The lowest BCUT2D eigenvalue weighted by atomic mass is 9.64. The molecule has 0 bridgehead atoms. The fourth-order valence-electron chi connectivity index (χ4n) is 4.70. The summed E-state index contributed by atoms with van der Waals surface area (Å²) in [7, 11) is 0. The van der Waals surface area contributed by atoms with Gasteiger partial charge in [0.15, 0.2) is 0 Å². The van der Waals surface area contributed by atoms with Crippen LogP contribution in [0.2, 0.25) is 0 Å². The molecule has 2 unspecified atom stereocenters. The molecule has 2 saturated carbocycles. The fraction of sp³-hybridized carbons (Fsp3) is 1.00. The zero-order chi connectivity index (χ0) is 12.6. The minimum Gasteiger partial charge on any atom is -0.388 e. The third kappa shape index (κ3) is 2.34. The molecule has 1 aliphatic heterocycles. The van der Waals surface area contributed by atoms with Crippen molar-refractivity contribution in [1.82, 2.24) is 5.32 Å². The van der Waals surface area contributed by atoms with E-state index in [1.165, 1.54) is 51.4 Å². The maximum atomic E-state index is 11.0. The van der Waals surface area contributed by atoms with Crippen LogP contribution in [-0.2, 0) is 0 Å². The molecule has 3 fully saturated rings. The smallest absolute Gasteiger partial charge is 0.0800 e. The van der Waals surface area contributed by atoms with E-state index in [1.54, 1.807) is 0 Å². The van der Waals surface area contributed by atoms with Crippen LogP contribution in [0, 0.1) is 11.3 Å². The monoisotopic (exact) mass is 251 g/mol. The molecule has 1 spiro atoms. The van der Waals surface area contributed by atoms with E-state index in [4.69, 9.17) is 0 Å². The summed E-state index contributed by atoms with van der Waals surface area (Å²) in [5.74, 6) is 0.780. The first-order valence-corrected chi connectivity index (χ1v) is 8.08. The van der Waals surface area contributed by atoms with Gasteiger partial charge < -0.3 is 10.4 Å². The molecule has 2 atom stereocenters. The molecule has 104 valence electrons. The summed E-state index contributed by atoms with van der Waals surface area (Å²) in [5.41, 5.74) is 0.231. The van der Waals surface area contributed by atoms with Gasteiger partial charge in [-0.25, -0.2) is 0 Å². The van der Waals surface area contributed by atoms with Gasteiger partial charge in [-0.15, -0.1) is 0 Å². The minimum absolute atomic E-state index is 0.361. The molecule has 0 aromatic heterocycles. The lowest BCUT2D eigenvalue weighted by Gasteiger charge is -2.48. The Morgan fingerprint density at radius 2 is 1.67 bits per heavy atom. The second-order valence-electron chi connectivity index (χ2n) is 7.45. The molecule has 1 saturated heterocycles. The van der Waals surface area contributed by atoms with Gasteiger partial charge in [0.05, 0.1) is 5.60 Å². The molecule has 0 aromatic carbocycles. The Balaban J connectivity index is 1.62. The Morgan fingerprint density at radius 3 is 2.28 bits per heavy atom. The van der Waals surface area contributed by atoms with Gasteiger partial charge in [0.2, 0.25) is 0 Å². The van der Waals surface area contributed by atoms with Crippen molar-refractivity contribution in [2.45, 2.75) is 82.8 Å². The van der Waals surface area contributed by atoms with Crippen LogP contribution >= 0.6 is 0 Å². The van der Waals surface area contributed by atoms with E-state index in [2.05, 4.69) is 12.2 Å². The summed E-state index contributed by atoms with van der Waals surface area (Å²) in [6.45, 7) is 3.43. The van der Waals surface area contributed by atoms with Crippen molar-refractivity contribution in [2.24, 2.45) is 11.3 Å². The van der Waals surface area contributed by atoms with Crippen LogP contribution < -0.4 is 5.32 Å². The predicted molar refractivity (Wildman–Crippen MR) is 74.5 cm³/mol. The van der Waals surface area contributed by atoms with Gasteiger partial charge in [0.25, 0.3) is 0 Å². The molecule has 2 heteroatoms. The highest BCUT2D eigenvalue weighted by Gasteiger charge is 2.47. The van der Waals surface area contributed by atoms with Crippen molar-refractivity contribution < 1.29 is 5.11 Å². The molecule has 0 radical (unpaired) electrons. The second-order valence-corrected chi connectivity index (χ2v) is 7.45. The van der Waals surface area contributed by atoms with E-state index >= 15 is 0 Å². The van der Waals surface area contributed by atoms with Crippen LogP contribution in [0.5, 0.6) is 0 Å². The molecule has 18 heavy (non-hydrogen) atoms. The zero-order valence-corrected chi connectivity index (χ0v) is 11.9. The Bertz CT molecular complexity index is 285. The number of aliphatic hydroxyl groups is 1. The topological polar surface area (TPSA) is 32.3 Å². The molecule has 3 rings (SSSR count). The van der Waals surface area contributed by atoms with Crippen molar-refractivity contribution in [3.8, 4) is 0 Å². The molecular weight excluding hydrogens is 222 g/mol. The quantitative estimate of drug-likeness (QED) is 0.750. The molecule has 0 amide bonds. The Morgan fingerprint density at radius 1 is 1.00 bits per heavy atom. The van der Waals surface area contributed by atoms with Gasteiger partial charge in [-0.1, -0.05) is 19.8 Å². The predicted octanol–water partition coefficient (Wildman–Crippen LogP) is 3.24. The third-order valence-electron chi connectivity index (χ3n) is 6.16. The molecule has 3 aliphatic rings. The molecule has 2 aliphatic carbocycles. The lowest BCUT2D eigenvalue weighted by Crippen LogP contribution is -2.56. The molecular formula is C16H29NO. The van der Waals surface area contributed by atoms with Crippen molar-refractivity contribution in [1.29, 1.82) is 0 Å². The first-order chi connectivity index (χ1) is 8.62. The normalized spacial score (nSPS) is 39.0. The highest BCUT2D eigenvalue weighted by Crippen LogP contribution is 2.52. The van der Waals surface area contributed by atoms with Crippen molar-refractivity contribution in [2.75, 3.05) is 6.54 Å². The largest absolute Gasteiger partial charge is 0.388 e. The van der Waals surface area contributed by atoms with Crippen LogP contribution in [0.25, 0.3) is 0 Å². The highest BCUT2D eigenvalue weighted by molar-refractivity contribution is 5.01. The highest BCUT2D eigenvalue weighted by atomic mass is 16.3. The van der Waals surface area contributed by atoms with Gasteiger partial charge in [0.1, 0.15) is 0 Å².